The van der Waals surface area contributed by atoms with Crippen LogP contribution < -0.4 is 10.1 Å². The van der Waals surface area contributed by atoms with Gasteiger partial charge in [0.2, 0.25) is 0 Å². The second kappa shape index (κ2) is 6.73. The van der Waals surface area contributed by atoms with E-state index in [1.807, 2.05) is 31.3 Å². The van der Waals surface area contributed by atoms with E-state index in [1.165, 1.54) is 12.1 Å². The number of hydrogen-bond donors (Lipinski definition) is 1. The number of hydrogen-bond acceptors (Lipinski definition) is 2. The van der Waals surface area contributed by atoms with Crippen molar-refractivity contribution in [2.24, 2.45) is 0 Å². The Labute approximate surface area is 123 Å². The Hall–Kier alpha value is -1.58. The first-order valence-corrected chi connectivity index (χ1v) is 6.82. The van der Waals surface area contributed by atoms with Crippen LogP contribution in [0.4, 0.5) is 4.39 Å². The Kier molecular flexibility index (Phi) is 4.99. The zero-order valence-corrected chi connectivity index (χ0v) is 12.2. The van der Waals surface area contributed by atoms with Crippen molar-refractivity contribution in [2.75, 3.05) is 7.05 Å². The third-order valence-electron chi connectivity index (χ3n) is 3.20. The average Bonchev–Trinajstić information content (AvgIpc) is 2.46. The van der Waals surface area contributed by atoms with Gasteiger partial charge in [-0.2, -0.15) is 0 Å². The van der Waals surface area contributed by atoms with Gasteiger partial charge in [0.25, 0.3) is 0 Å². The fourth-order valence-electron chi connectivity index (χ4n) is 1.84. The molecule has 0 radical (unpaired) electrons. The van der Waals surface area contributed by atoms with Crippen molar-refractivity contribution < 1.29 is 9.13 Å². The highest BCUT2D eigenvalue weighted by Crippen LogP contribution is 2.22. The average molecular weight is 294 g/mol. The largest absolute Gasteiger partial charge is 0.489 e. The van der Waals surface area contributed by atoms with Gasteiger partial charge in [-0.3, -0.25) is 0 Å². The van der Waals surface area contributed by atoms with Crippen LogP contribution in [0.2, 0.25) is 5.02 Å². The molecule has 2 aromatic rings. The van der Waals surface area contributed by atoms with E-state index in [9.17, 15) is 4.39 Å². The lowest BCUT2D eigenvalue weighted by atomic mass is 10.1. The smallest absolute Gasteiger partial charge is 0.124 e. The molecule has 0 spiro atoms. The second-order valence-corrected chi connectivity index (χ2v) is 5.01. The molecule has 0 amide bonds. The normalized spacial score (nSPS) is 12.2. The fourth-order valence-corrected chi connectivity index (χ4v) is 2.06. The molecule has 2 nitrogen and oxygen atoms in total. The van der Waals surface area contributed by atoms with E-state index >= 15 is 0 Å². The molecule has 0 aliphatic carbocycles. The summed E-state index contributed by atoms with van der Waals surface area (Å²) in [4.78, 5) is 0. The standard InChI is InChI=1S/C16H17ClFNO/c1-11(19-2)12-4-3-5-15(8-12)20-10-13-6-7-14(18)9-16(13)17/h3-9,11,19H,10H2,1-2H3. The molecule has 1 atom stereocenters. The number of rotatable bonds is 5. The number of halogens is 2. The van der Waals surface area contributed by atoms with E-state index in [0.29, 0.717) is 11.6 Å². The van der Waals surface area contributed by atoms with Gasteiger partial charge in [-0.25, -0.2) is 4.39 Å². The third-order valence-corrected chi connectivity index (χ3v) is 3.55. The minimum atomic E-state index is -0.344. The summed E-state index contributed by atoms with van der Waals surface area (Å²) in [5.41, 5.74) is 1.91. The van der Waals surface area contributed by atoms with Crippen LogP contribution in [0.15, 0.2) is 42.5 Å². The van der Waals surface area contributed by atoms with Gasteiger partial charge in [0.1, 0.15) is 18.2 Å². The number of ether oxygens (including phenoxy) is 1. The first-order valence-electron chi connectivity index (χ1n) is 6.44. The molecule has 0 bridgehead atoms. The van der Waals surface area contributed by atoms with Crippen molar-refractivity contribution in [3.63, 3.8) is 0 Å². The number of benzene rings is 2. The molecule has 0 fully saturated rings. The molecule has 20 heavy (non-hydrogen) atoms. The first-order chi connectivity index (χ1) is 9.60. The van der Waals surface area contributed by atoms with E-state index < -0.39 is 0 Å². The molecule has 0 aliphatic heterocycles. The second-order valence-electron chi connectivity index (χ2n) is 4.61. The lowest BCUT2D eigenvalue weighted by Crippen LogP contribution is -2.12. The maximum atomic E-state index is 13.0. The predicted octanol–water partition coefficient (Wildman–Crippen LogP) is 4.34. The maximum Gasteiger partial charge on any atom is 0.124 e. The highest BCUT2D eigenvalue weighted by atomic mass is 35.5. The fraction of sp³-hybridized carbons (Fsp3) is 0.250. The van der Waals surface area contributed by atoms with Crippen LogP contribution in [0, 0.1) is 5.82 Å². The summed E-state index contributed by atoms with van der Waals surface area (Å²) in [7, 11) is 1.91. The Morgan fingerprint density at radius 3 is 2.75 bits per heavy atom. The van der Waals surface area contributed by atoms with Gasteiger partial charge in [-0.15, -0.1) is 0 Å². The Bertz CT molecular complexity index is 588. The molecule has 0 saturated carbocycles. The summed E-state index contributed by atoms with van der Waals surface area (Å²) in [6.45, 7) is 2.40. The van der Waals surface area contributed by atoms with Gasteiger partial charge in [0, 0.05) is 11.6 Å². The predicted molar refractivity (Wildman–Crippen MR) is 79.7 cm³/mol. The maximum absolute atomic E-state index is 13.0. The molecular weight excluding hydrogens is 277 g/mol. The van der Waals surface area contributed by atoms with Crippen molar-refractivity contribution >= 4 is 11.6 Å². The molecular formula is C16H17ClFNO. The SMILES string of the molecule is CNC(C)c1cccc(OCc2ccc(F)cc2Cl)c1. The van der Waals surface area contributed by atoms with E-state index in [4.69, 9.17) is 16.3 Å². The highest BCUT2D eigenvalue weighted by molar-refractivity contribution is 6.31. The first kappa shape index (κ1) is 14.8. The number of nitrogens with one attached hydrogen (secondary N) is 1. The van der Waals surface area contributed by atoms with Crippen molar-refractivity contribution in [2.45, 2.75) is 19.6 Å². The molecule has 0 aromatic heterocycles. The zero-order chi connectivity index (χ0) is 14.5. The zero-order valence-electron chi connectivity index (χ0n) is 11.5. The Morgan fingerprint density at radius 1 is 1.25 bits per heavy atom. The van der Waals surface area contributed by atoms with Gasteiger partial charge in [-0.1, -0.05) is 29.8 Å². The van der Waals surface area contributed by atoms with Crippen LogP contribution in [0.25, 0.3) is 0 Å². The van der Waals surface area contributed by atoms with Crippen LogP contribution in [-0.4, -0.2) is 7.05 Å². The summed E-state index contributed by atoms with van der Waals surface area (Å²) in [6.07, 6.45) is 0. The van der Waals surface area contributed by atoms with Crippen molar-refractivity contribution in [3.05, 3.63) is 64.4 Å². The molecule has 2 rings (SSSR count). The van der Waals surface area contributed by atoms with Gasteiger partial charge in [-0.05, 0) is 43.8 Å². The van der Waals surface area contributed by atoms with Gasteiger partial charge in [0.05, 0.1) is 5.02 Å². The van der Waals surface area contributed by atoms with Crippen molar-refractivity contribution in [1.82, 2.24) is 5.32 Å². The molecule has 0 heterocycles. The van der Waals surface area contributed by atoms with Gasteiger partial charge < -0.3 is 10.1 Å². The molecule has 1 N–H and O–H groups in total. The summed E-state index contributed by atoms with van der Waals surface area (Å²) >= 11 is 5.97. The lowest BCUT2D eigenvalue weighted by molar-refractivity contribution is 0.305. The molecule has 1 unspecified atom stereocenters. The Morgan fingerprint density at radius 2 is 2.05 bits per heavy atom. The highest BCUT2D eigenvalue weighted by Gasteiger charge is 2.06. The van der Waals surface area contributed by atoms with Crippen LogP contribution in [-0.2, 0) is 6.61 Å². The van der Waals surface area contributed by atoms with Gasteiger partial charge in [0.15, 0.2) is 0 Å². The molecule has 0 aliphatic rings. The van der Waals surface area contributed by atoms with Gasteiger partial charge >= 0.3 is 0 Å². The third kappa shape index (κ3) is 3.71. The topological polar surface area (TPSA) is 21.3 Å². The summed E-state index contributed by atoms with van der Waals surface area (Å²) in [6, 6.07) is 12.4. The van der Waals surface area contributed by atoms with E-state index in [2.05, 4.69) is 12.2 Å². The summed E-state index contributed by atoms with van der Waals surface area (Å²) in [5, 5.41) is 3.56. The van der Waals surface area contributed by atoms with Crippen LogP contribution >= 0.6 is 11.6 Å². The summed E-state index contributed by atoms with van der Waals surface area (Å²) in [5.74, 6) is 0.425. The lowest BCUT2D eigenvalue weighted by Gasteiger charge is -2.13. The van der Waals surface area contributed by atoms with Crippen molar-refractivity contribution in [3.8, 4) is 5.75 Å². The molecule has 0 saturated heterocycles. The van der Waals surface area contributed by atoms with Crippen LogP contribution in [0.3, 0.4) is 0 Å². The van der Waals surface area contributed by atoms with Crippen LogP contribution in [0.5, 0.6) is 5.75 Å². The van der Waals surface area contributed by atoms with Crippen LogP contribution in [0.1, 0.15) is 24.1 Å². The molecule has 106 valence electrons. The molecule has 2 aromatic carbocycles. The minimum Gasteiger partial charge on any atom is -0.489 e. The molecule has 4 heteroatoms. The quantitative estimate of drug-likeness (QED) is 0.885. The van der Waals surface area contributed by atoms with E-state index in [1.54, 1.807) is 6.07 Å². The Balaban J connectivity index is 2.07. The minimum absolute atomic E-state index is 0.257. The van der Waals surface area contributed by atoms with Crippen molar-refractivity contribution in [1.29, 1.82) is 0 Å². The van der Waals surface area contributed by atoms with E-state index in [0.717, 1.165) is 16.9 Å². The monoisotopic (exact) mass is 293 g/mol. The summed E-state index contributed by atoms with van der Waals surface area (Å²) < 4.78 is 18.7. The van der Waals surface area contributed by atoms with E-state index in [-0.39, 0.29) is 11.9 Å².